The van der Waals surface area contributed by atoms with E-state index in [2.05, 4.69) is 10.2 Å². The van der Waals surface area contributed by atoms with E-state index < -0.39 is 5.60 Å². The fraction of sp³-hybridized carbons (Fsp3) is 0.917. The molecule has 0 unspecified atom stereocenters. The van der Waals surface area contributed by atoms with Crippen molar-refractivity contribution in [3.8, 4) is 0 Å². The third kappa shape index (κ3) is 2.78. The molecule has 0 aromatic carbocycles. The van der Waals surface area contributed by atoms with Crippen LogP contribution in [-0.2, 0) is 14.3 Å². The van der Waals surface area contributed by atoms with Gasteiger partial charge in [0, 0.05) is 39.4 Å². The van der Waals surface area contributed by atoms with Gasteiger partial charge in [-0.25, -0.2) is 0 Å². The van der Waals surface area contributed by atoms with Gasteiger partial charge in [-0.2, -0.15) is 0 Å². The van der Waals surface area contributed by atoms with Crippen LogP contribution in [0, 0.1) is 0 Å². The Kier molecular flexibility index (Phi) is 4.01. The van der Waals surface area contributed by atoms with Gasteiger partial charge in [0.25, 0.3) is 5.91 Å². The van der Waals surface area contributed by atoms with Crippen LogP contribution >= 0.6 is 0 Å². The van der Waals surface area contributed by atoms with Crippen molar-refractivity contribution < 1.29 is 14.3 Å². The maximum atomic E-state index is 11.8. The summed E-state index contributed by atoms with van der Waals surface area (Å²) in [5.41, 5.74) is -0.703. The van der Waals surface area contributed by atoms with E-state index in [0.717, 1.165) is 32.6 Å². The molecule has 0 spiro atoms. The summed E-state index contributed by atoms with van der Waals surface area (Å²) in [6, 6.07) is 0.539. The van der Waals surface area contributed by atoms with Crippen LogP contribution in [0.1, 0.15) is 19.8 Å². The second kappa shape index (κ2) is 5.33. The van der Waals surface area contributed by atoms with Gasteiger partial charge in [0.05, 0.1) is 6.61 Å². The van der Waals surface area contributed by atoms with E-state index in [-0.39, 0.29) is 5.91 Å². The molecular weight excluding hydrogens is 220 g/mol. The molecular formula is C12H22N2O3. The molecule has 1 N–H and O–H groups in total. The molecule has 0 aliphatic carbocycles. The number of carbonyl (C=O) groups excluding carboxylic acids is 1. The molecule has 2 fully saturated rings. The molecule has 2 aliphatic rings. The highest BCUT2D eigenvalue weighted by molar-refractivity contribution is 5.84. The number of ether oxygens (including phenoxy) is 2. The van der Waals surface area contributed by atoms with Crippen LogP contribution in [0.3, 0.4) is 0 Å². The normalized spacial score (nSPS) is 32.4. The minimum Gasteiger partial charge on any atom is -0.381 e. The second-order valence-corrected chi connectivity index (χ2v) is 4.97. The number of carbonyl (C=O) groups is 1. The Morgan fingerprint density at radius 1 is 1.35 bits per heavy atom. The van der Waals surface area contributed by atoms with Crippen LogP contribution in [0.15, 0.2) is 0 Å². The lowest BCUT2D eigenvalue weighted by Crippen LogP contribution is -2.60. The highest BCUT2D eigenvalue weighted by Crippen LogP contribution is 2.23. The van der Waals surface area contributed by atoms with E-state index in [9.17, 15) is 4.79 Å². The maximum absolute atomic E-state index is 11.8. The molecule has 1 atom stereocenters. The van der Waals surface area contributed by atoms with Crippen molar-refractivity contribution in [3.05, 3.63) is 0 Å². The Morgan fingerprint density at radius 2 is 2.06 bits per heavy atom. The van der Waals surface area contributed by atoms with Gasteiger partial charge >= 0.3 is 0 Å². The van der Waals surface area contributed by atoms with Gasteiger partial charge in [-0.05, 0) is 19.8 Å². The van der Waals surface area contributed by atoms with E-state index in [1.807, 2.05) is 6.92 Å². The third-order valence-electron chi connectivity index (χ3n) is 3.72. The minimum atomic E-state index is -0.703. The zero-order valence-electron chi connectivity index (χ0n) is 10.7. The molecule has 2 saturated heterocycles. The Bertz CT molecular complexity index is 279. The van der Waals surface area contributed by atoms with Gasteiger partial charge in [-0.3, -0.25) is 9.69 Å². The largest absolute Gasteiger partial charge is 0.381 e. The summed E-state index contributed by atoms with van der Waals surface area (Å²) in [5, 5.41) is 2.68. The highest BCUT2D eigenvalue weighted by Gasteiger charge is 2.40. The van der Waals surface area contributed by atoms with Crippen molar-refractivity contribution in [1.82, 2.24) is 10.2 Å². The molecule has 2 aliphatic heterocycles. The standard InChI is InChI=1S/C12H22N2O3/c1-12(11(15)13-2)9-14(5-8-17-12)10-3-6-16-7-4-10/h10H,3-9H2,1-2H3,(H,13,15)/t12-/m0/s1. The highest BCUT2D eigenvalue weighted by atomic mass is 16.5. The second-order valence-electron chi connectivity index (χ2n) is 4.97. The molecule has 17 heavy (non-hydrogen) atoms. The number of hydrogen-bond donors (Lipinski definition) is 1. The number of morpholine rings is 1. The smallest absolute Gasteiger partial charge is 0.253 e. The number of rotatable bonds is 2. The predicted octanol–water partition coefficient (Wildman–Crippen LogP) is 0.00230. The molecule has 0 aromatic heterocycles. The summed E-state index contributed by atoms with van der Waals surface area (Å²) in [6.07, 6.45) is 2.12. The number of amides is 1. The minimum absolute atomic E-state index is 0.0331. The average molecular weight is 242 g/mol. The fourth-order valence-electron chi connectivity index (χ4n) is 2.66. The third-order valence-corrected chi connectivity index (χ3v) is 3.72. The Labute approximate surface area is 102 Å². The van der Waals surface area contributed by atoms with Gasteiger partial charge in [-0.15, -0.1) is 0 Å². The molecule has 0 saturated carbocycles. The first-order valence-electron chi connectivity index (χ1n) is 6.33. The summed E-state index contributed by atoms with van der Waals surface area (Å²) in [7, 11) is 1.66. The van der Waals surface area contributed by atoms with Crippen molar-refractivity contribution in [2.75, 3.05) is 40.0 Å². The lowest BCUT2D eigenvalue weighted by Gasteiger charge is -2.43. The van der Waals surface area contributed by atoms with E-state index >= 15 is 0 Å². The SMILES string of the molecule is CNC(=O)[C@]1(C)CN(C2CCOCC2)CCO1. The molecule has 2 rings (SSSR count). The zero-order valence-corrected chi connectivity index (χ0v) is 10.7. The van der Waals surface area contributed by atoms with Crippen molar-refractivity contribution in [3.63, 3.8) is 0 Å². The van der Waals surface area contributed by atoms with Crippen LogP contribution in [0.5, 0.6) is 0 Å². The van der Waals surface area contributed by atoms with Gasteiger partial charge in [-0.1, -0.05) is 0 Å². The monoisotopic (exact) mass is 242 g/mol. The zero-order chi connectivity index (χ0) is 12.3. The Balaban J connectivity index is 1.98. The molecule has 0 bridgehead atoms. The van der Waals surface area contributed by atoms with E-state index in [0.29, 0.717) is 19.2 Å². The number of nitrogens with zero attached hydrogens (tertiary/aromatic N) is 1. The number of likely N-dealkylation sites (N-methyl/N-ethyl adjacent to an activating group) is 1. The van der Waals surface area contributed by atoms with Crippen LogP contribution in [0.2, 0.25) is 0 Å². The molecule has 2 heterocycles. The molecule has 0 radical (unpaired) electrons. The van der Waals surface area contributed by atoms with Crippen LogP contribution in [-0.4, -0.2) is 62.4 Å². The van der Waals surface area contributed by atoms with E-state index in [1.165, 1.54) is 0 Å². The van der Waals surface area contributed by atoms with Gasteiger partial charge < -0.3 is 14.8 Å². The van der Waals surface area contributed by atoms with Crippen LogP contribution < -0.4 is 5.32 Å². The van der Waals surface area contributed by atoms with Crippen molar-refractivity contribution >= 4 is 5.91 Å². The lowest BCUT2D eigenvalue weighted by atomic mass is 9.99. The van der Waals surface area contributed by atoms with Gasteiger partial charge in [0.15, 0.2) is 5.60 Å². The average Bonchev–Trinajstić information content (AvgIpc) is 2.39. The summed E-state index contributed by atoms with van der Waals surface area (Å²) in [6.45, 7) is 5.75. The Hall–Kier alpha value is -0.650. The summed E-state index contributed by atoms with van der Waals surface area (Å²) in [4.78, 5) is 14.2. The van der Waals surface area contributed by atoms with Crippen LogP contribution in [0.4, 0.5) is 0 Å². The number of nitrogens with one attached hydrogen (secondary N) is 1. The van der Waals surface area contributed by atoms with Crippen LogP contribution in [0.25, 0.3) is 0 Å². The van der Waals surface area contributed by atoms with Gasteiger partial charge in [0.2, 0.25) is 0 Å². The predicted molar refractivity (Wildman–Crippen MR) is 63.8 cm³/mol. The molecule has 5 heteroatoms. The van der Waals surface area contributed by atoms with E-state index in [1.54, 1.807) is 7.05 Å². The lowest BCUT2D eigenvalue weighted by molar-refractivity contribution is -0.160. The first-order chi connectivity index (χ1) is 8.15. The molecule has 98 valence electrons. The topological polar surface area (TPSA) is 50.8 Å². The van der Waals surface area contributed by atoms with Crippen molar-refractivity contribution in [2.45, 2.75) is 31.4 Å². The van der Waals surface area contributed by atoms with Crippen molar-refractivity contribution in [1.29, 1.82) is 0 Å². The molecule has 1 amide bonds. The Morgan fingerprint density at radius 3 is 2.71 bits per heavy atom. The molecule has 0 aromatic rings. The fourth-order valence-corrected chi connectivity index (χ4v) is 2.66. The van der Waals surface area contributed by atoms with Gasteiger partial charge in [0.1, 0.15) is 0 Å². The first-order valence-corrected chi connectivity index (χ1v) is 6.33. The summed E-state index contributed by atoms with van der Waals surface area (Å²) < 4.78 is 11.0. The molecule has 5 nitrogen and oxygen atoms in total. The summed E-state index contributed by atoms with van der Waals surface area (Å²) >= 11 is 0. The first kappa shape index (κ1) is 12.8. The summed E-state index contributed by atoms with van der Waals surface area (Å²) in [5.74, 6) is -0.0331. The maximum Gasteiger partial charge on any atom is 0.253 e. The number of hydrogen-bond acceptors (Lipinski definition) is 4. The van der Waals surface area contributed by atoms with Crippen molar-refractivity contribution in [2.24, 2.45) is 0 Å². The van der Waals surface area contributed by atoms with E-state index in [4.69, 9.17) is 9.47 Å². The quantitative estimate of drug-likeness (QED) is 0.740.